The molecule has 18 heteroatoms. The van der Waals surface area contributed by atoms with Crippen LogP contribution in [-0.4, -0.2) is 61.9 Å². The molecular formula is C14H10F12O6. The Morgan fingerprint density at radius 1 is 0.719 bits per heavy atom. The summed E-state index contributed by atoms with van der Waals surface area (Å²) >= 11 is 0. The minimum absolute atomic E-state index is 1.75. The smallest absolute Gasteiger partial charge is 0.434 e. The summed E-state index contributed by atoms with van der Waals surface area (Å²) in [5.41, 5.74) is -1.75. The predicted molar refractivity (Wildman–Crippen MR) is 73.3 cm³/mol. The van der Waals surface area contributed by atoms with E-state index in [0.29, 0.717) is 0 Å². The summed E-state index contributed by atoms with van der Waals surface area (Å²) in [6.07, 6.45) is -29.3. The Balaban J connectivity index is 5.66. The van der Waals surface area contributed by atoms with Crippen LogP contribution >= 0.6 is 0 Å². The van der Waals surface area contributed by atoms with E-state index < -0.39 is 79.8 Å². The van der Waals surface area contributed by atoms with Crippen molar-refractivity contribution >= 4 is 17.9 Å². The summed E-state index contributed by atoms with van der Waals surface area (Å²) in [6.45, 7) is -2.10. The maximum absolute atomic E-state index is 12.4. The number of hydrogen-bond donors (Lipinski definition) is 0. The second kappa shape index (κ2) is 10.3. The van der Waals surface area contributed by atoms with E-state index >= 15 is 0 Å². The van der Waals surface area contributed by atoms with Crippen LogP contribution in [0.1, 0.15) is 6.42 Å². The van der Waals surface area contributed by atoms with E-state index in [1.807, 2.05) is 0 Å². The van der Waals surface area contributed by atoms with E-state index in [9.17, 15) is 67.1 Å². The zero-order valence-electron chi connectivity index (χ0n) is 15.0. The molecule has 32 heavy (non-hydrogen) atoms. The highest BCUT2D eigenvalue weighted by Gasteiger charge is 2.60. The van der Waals surface area contributed by atoms with Crippen LogP contribution in [0.5, 0.6) is 0 Å². The van der Waals surface area contributed by atoms with Crippen molar-refractivity contribution in [2.75, 3.05) is 13.2 Å². The molecule has 1 unspecified atom stereocenters. The summed E-state index contributed by atoms with van der Waals surface area (Å²) in [4.78, 5) is 34.7. The van der Waals surface area contributed by atoms with Gasteiger partial charge >= 0.3 is 42.6 Å². The van der Waals surface area contributed by atoms with Gasteiger partial charge in [0.1, 0.15) is 0 Å². The molecule has 0 aliphatic rings. The van der Waals surface area contributed by atoms with Crippen molar-refractivity contribution in [1.29, 1.82) is 0 Å². The van der Waals surface area contributed by atoms with Crippen molar-refractivity contribution < 1.29 is 81.3 Å². The first kappa shape index (κ1) is 29.3. The highest BCUT2D eigenvalue weighted by Crippen LogP contribution is 2.36. The summed E-state index contributed by atoms with van der Waals surface area (Å²) in [5, 5.41) is 0. The molecule has 1 atom stereocenters. The molecule has 0 heterocycles. The quantitative estimate of drug-likeness (QED) is 0.218. The maximum Gasteiger partial charge on any atom is 0.434 e. The van der Waals surface area contributed by atoms with Crippen LogP contribution in [0.3, 0.4) is 0 Å². The van der Waals surface area contributed by atoms with Gasteiger partial charge in [-0.1, -0.05) is 6.58 Å². The lowest BCUT2D eigenvalue weighted by atomic mass is 9.97. The predicted octanol–water partition coefficient (Wildman–Crippen LogP) is 3.80. The van der Waals surface area contributed by atoms with E-state index in [-0.39, 0.29) is 0 Å². The number of ether oxygens (including phenoxy) is 3. The Bertz CT molecular complexity index is 689. The minimum Gasteiger partial charge on any atom is -0.456 e. The molecule has 0 aliphatic heterocycles. The molecule has 0 N–H and O–H groups in total. The average Bonchev–Trinajstić information content (AvgIpc) is 2.56. The van der Waals surface area contributed by atoms with E-state index in [1.165, 1.54) is 0 Å². The monoisotopic (exact) mass is 502 g/mol. The Hall–Kier alpha value is -2.69. The summed E-state index contributed by atoms with van der Waals surface area (Å²) in [7, 11) is 0. The normalized spacial score (nSPS) is 14.0. The highest BCUT2D eigenvalue weighted by molar-refractivity contribution is 5.96. The van der Waals surface area contributed by atoms with Crippen molar-refractivity contribution in [2.24, 2.45) is 5.92 Å². The van der Waals surface area contributed by atoms with Crippen molar-refractivity contribution in [1.82, 2.24) is 0 Å². The van der Waals surface area contributed by atoms with Crippen LogP contribution < -0.4 is 0 Å². The van der Waals surface area contributed by atoms with Crippen molar-refractivity contribution in [2.45, 2.75) is 37.2 Å². The van der Waals surface area contributed by atoms with Gasteiger partial charge in [0.15, 0.2) is 13.2 Å². The first-order chi connectivity index (χ1) is 14.0. The molecule has 0 aromatic rings. The van der Waals surface area contributed by atoms with E-state index in [4.69, 9.17) is 0 Å². The molecule has 0 aromatic carbocycles. The molecule has 0 saturated heterocycles. The zero-order chi connectivity index (χ0) is 25.7. The van der Waals surface area contributed by atoms with Gasteiger partial charge in [-0.3, -0.25) is 9.59 Å². The molecule has 0 aromatic heterocycles. The van der Waals surface area contributed by atoms with Crippen LogP contribution in [-0.2, 0) is 28.6 Å². The van der Waals surface area contributed by atoms with Crippen molar-refractivity contribution in [3.05, 3.63) is 12.2 Å². The Labute approximate surface area is 169 Å². The lowest BCUT2D eigenvalue weighted by Gasteiger charge is -2.24. The van der Waals surface area contributed by atoms with Gasteiger partial charge in [-0.05, 0) is 0 Å². The first-order valence-corrected chi connectivity index (χ1v) is 7.53. The lowest BCUT2D eigenvalue weighted by molar-refractivity contribution is -0.312. The van der Waals surface area contributed by atoms with Gasteiger partial charge in [0.05, 0.1) is 12.3 Å². The summed E-state index contributed by atoms with van der Waals surface area (Å²) in [5.74, 6) is -9.70. The molecule has 0 radical (unpaired) electrons. The molecular weight excluding hydrogens is 492 g/mol. The third-order valence-electron chi connectivity index (χ3n) is 2.93. The SMILES string of the molecule is C=C(C(=O)OC(C(F)(F)F)C(F)(F)F)C(CC(=O)OCC(F)(F)F)C(=O)OCC(F)(F)F. The van der Waals surface area contributed by atoms with Crippen LogP contribution in [0.4, 0.5) is 52.7 Å². The molecule has 0 fully saturated rings. The van der Waals surface area contributed by atoms with E-state index in [0.717, 1.165) is 0 Å². The van der Waals surface area contributed by atoms with Crippen LogP contribution in [0.25, 0.3) is 0 Å². The number of hydrogen-bond acceptors (Lipinski definition) is 6. The Kier molecular flexibility index (Phi) is 9.42. The van der Waals surface area contributed by atoms with E-state index in [1.54, 1.807) is 0 Å². The van der Waals surface area contributed by atoms with Crippen LogP contribution in [0.2, 0.25) is 0 Å². The molecule has 0 aliphatic carbocycles. The summed E-state index contributed by atoms with van der Waals surface area (Å²) in [6, 6.07) is 0. The van der Waals surface area contributed by atoms with Crippen molar-refractivity contribution in [3.8, 4) is 0 Å². The zero-order valence-corrected chi connectivity index (χ0v) is 15.0. The third kappa shape index (κ3) is 11.1. The minimum atomic E-state index is -6.23. The number of esters is 3. The Morgan fingerprint density at radius 3 is 1.50 bits per heavy atom. The molecule has 0 spiro atoms. The molecule has 186 valence electrons. The Morgan fingerprint density at radius 2 is 1.12 bits per heavy atom. The molecule has 6 nitrogen and oxygen atoms in total. The second-order valence-electron chi connectivity index (χ2n) is 5.65. The van der Waals surface area contributed by atoms with Gasteiger partial charge in [0.25, 0.3) is 6.10 Å². The average molecular weight is 502 g/mol. The number of alkyl halides is 12. The third-order valence-corrected chi connectivity index (χ3v) is 2.93. The number of rotatable bonds is 8. The standard InChI is InChI=1S/C14H10F12O6/c1-5(8(28)32-10(13(21,22)23)14(24,25)26)6(9(29)31-4-12(18,19)20)2-7(27)30-3-11(15,16)17/h6,10H,1-4H2. The molecule has 0 rings (SSSR count). The number of halogens is 12. The van der Waals surface area contributed by atoms with Gasteiger partial charge in [-0.25, -0.2) is 4.79 Å². The fourth-order valence-corrected chi connectivity index (χ4v) is 1.63. The molecule has 0 bridgehead atoms. The lowest BCUT2D eigenvalue weighted by Crippen LogP contribution is -2.46. The number of carbonyl (C=O) groups excluding carboxylic acids is 3. The largest absolute Gasteiger partial charge is 0.456 e. The molecule has 0 amide bonds. The number of carbonyl (C=O) groups is 3. The van der Waals surface area contributed by atoms with E-state index in [2.05, 4.69) is 20.8 Å². The van der Waals surface area contributed by atoms with Gasteiger partial charge < -0.3 is 14.2 Å². The van der Waals surface area contributed by atoms with Crippen LogP contribution in [0.15, 0.2) is 12.2 Å². The van der Waals surface area contributed by atoms with Gasteiger partial charge in [0, 0.05) is 5.57 Å². The van der Waals surface area contributed by atoms with Crippen molar-refractivity contribution in [3.63, 3.8) is 0 Å². The maximum atomic E-state index is 12.4. The van der Waals surface area contributed by atoms with Gasteiger partial charge in [-0.15, -0.1) is 0 Å². The fourth-order valence-electron chi connectivity index (χ4n) is 1.63. The first-order valence-electron chi connectivity index (χ1n) is 7.53. The van der Waals surface area contributed by atoms with Gasteiger partial charge in [-0.2, -0.15) is 52.7 Å². The second-order valence-corrected chi connectivity index (χ2v) is 5.65. The summed E-state index contributed by atoms with van der Waals surface area (Å²) < 4.78 is 158. The highest BCUT2D eigenvalue weighted by atomic mass is 19.4. The fraction of sp³-hybridized carbons (Fsp3) is 0.643. The molecule has 0 saturated carbocycles. The van der Waals surface area contributed by atoms with Gasteiger partial charge in [0.2, 0.25) is 0 Å². The topological polar surface area (TPSA) is 78.9 Å². The van der Waals surface area contributed by atoms with Crippen LogP contribution in [0, 0.1) is 5.92 Å².